The van der Waals surface area contributed by atoms with Gasteiger partial charge in [0.2, 0.25) is 0 Å². The number of hydrogen-bond acceptors (Lipinski definition) is 1. The van der Waals surface area contributed by atoms with Gasteiger partial charge in [0.05, 0.1) is 0 Å². The standard InChI is InChI=1S/C14H26OSi/c1-14(2,3)12-7-6-11-8-9-15-16(4,5)13(11)10-12/h6-7,11-13H,8-10H2,1-5H3/t11-,12-,13?/m1/s1. The zero-order valence-electron chi connectivity index (χ0n) is 11.4. The first-order chi connectivity index (χ1) is 7.31. The Bertz CT molecular complexity index is 288. The van der Waals surface area contributed by atoms with Crippen molar-refractivity contribution in [3.63, 3.8) is 0 Å². The maximum absolute atomic E-state index is 6.10. The Kier molecular flexibility index (Phi) is 3.08. The first-order valence-corrected chi connectivity index (χ1v) is 9.61. The van der Waals surface area contributed by atoms with Crippen LogP contribution in [0.4, 0.5) is 0 Å². The third-order valence-corrected chi connectivity index (χ3v) is 7.94. The monoisotopic (exact) mass is 238 g/mol. The van der Waals surface area contributed by atoms with Gasteiger partial charge in [-0.05, 0) is 48.7 Å². The molecule has 0 aromatic carbocycles. The predicted octanol–water partition coefficient (Wildman–Crippen LogP) is 4.22. The van der Waals surface area contributed by atoms with E-state index in [2.05, 4.69) is 46.0 Å². The van der Waals surface area contributed by atoms with E-state index in [1.807, 2.05) is 0 Å². The van der Waals surface area contributed by atoms with E-state index >= 15 is 0 Å². The number of rotatable bonds is 0. The molecule has 1 aliphatic heterocycles. The summed E-state index contributed by atoms with van der Waals surface area (Å²) in [6, 6.07) is 0. The second kappa shape index (κ2) is 3.99. The van der Waals surface area contributed by atoms with Gasteiger partial charge in [0, 0.05) is 6.61 Å². The average Bonchev–Trinajstić information content (AvgIpc) is 2.15. The summed E-state index contributed by atoms with van der Waals surface area (Å²) in [5, 5.41) is 0. The molecule has 0 N–H and O–H groups in total. The summed E-state index contributed by atoms with van der Waals surface area (Å²) in [4.78, 5) is 0. The second-order valence-corrected chi connectivity index (χ2v) is 11.3. The molecular formula is C14H26OSi. The van der Waals surface area contributed by atoms with E-state index in [1.165, 1.54) is 12.8 Å². The highest BCUT2D eigenvalue weighted by atomic mass is 28.4. The van der Waals surface area contributed by atoms with Crippen LogP contribution in [0.25, 0.3) is 0 Å². The van der Waals surface area contributed by atoms with Crippen LogP contribution in [0.2, 0.25) is 18.6 Å². The Balaban J connectivity index is 2.19. The van der Waals surface area contributed by atoms with Crippen molar-refractivity contribution in [2.24, 2.45) is 17.3 Å². The lowest BCUT2D eigenvalue weighted by Crippen LogP contribution is -2.47. The van der Waals surface area contributed by atoms with Gasteiger partial charge in [-0.25, -0.2) is 0 Å². The van der Waals surface area contributed by atoms with Crippen molar-refractivity contribution in [2.75, 3.05) is 6.61 Å². The smallest absolute Gasteiger partial charge is 0.190 e. The van der Waals surface area contributed by atoms with Gasteiger partial charge in [0.1, 0.15) is 0 Å². The van der Waals surface area contributed by atoms with Crippen molar-refractivity contribution in [1.29, 1.82) is 0 Å². The summed E-state index contributed by atoms with van der Waals surface area (Å²) >= 11 is 0. The summed E-state index contributed by atoms with van der Waals surface area (Å²) in [5.41, 5.74) is 1.25. The molecule has 1 heterocycles. The first-order valence-electron chi connectivity index (χ1n) is 6.63. The molecule has 2 aliphatic rings. The van der Waals surface area contributed by atoms with Gasteiger partial charge >= 0.3 is 0 Å². The fourth-order valence-corrected chi connectivity index (χ4v) is 6.23. The van der Waals surface area contributed by atoms with E-state index in [9.17, 15) is 0 Å². The summed E-state index contributed by atoms with van der Waals surface area (Å²) in [7, 11) is -1.42. The normalized spacial score (nSPS) is 38.2. The third kappa shape index (κ3) is 2.28. The Labute approximate surface area is 101 Å². The van der Waals surface area contributed by atoms with Crippen molar-refractivity contribution in [1.82, 2.24) is 0 Å². The van der Waals surface area contributed by atoms with Crippen molar-refractivity contribution in [3.05, 3.63) is 12.2 Å². The van der Waals surface area contributed by atoms with E-state index in [-0.39, 0.29) is 0 Å². The number of allylic oxidation sites excluding steroid dienone is 2. The summed E-state index contributed by atoms with van der Waals surface area (Å²) < 4.78 is 6.10. The SMILES string of the molecule is CC(C)(C)[C@@H]1C=C[C@@H]2CCO[Si](C)(C)C2C1. The van der Waals surface area contributed by atoms with Crippen LogP contribution in [0.3, 0.4) is 0 Å². The molecular weight excluding hydrogens is 212 g/mol. The van der Waals surface area contributed by atoms with Gasteiger partial charge in [-0.2, -0.15) is 0 Å². The highest BCUT2D eigenvalue weighted by Gasteiger charge is 2.45. The molecule has 0 radical (unpaired) electrons. The molecule has 0 bridgehead atoms. The molecule has 1 nitrogen and oxygen atoms in total. The molecule has 92 valence electrons. The third-order valence-electron chi connectivity index (χ3n) is 4.55. The minimum atomic E-state index is -1.42. The molecule has 0 spiro atoms. The van der Waals surface area contributed by atoms with E-state index in [4.69, 9.17) is 4.43 Å². The van der Waals surface area contributed by atoms with E-state index in [0.29, 0.717) is 5.41 Å². The zero-order chi connectivity index (χ0) is 12.0. The maximum atomic E-state index is 6.10. The maximum Gasteiger partial charge on any atom is 0.190 e. The van der Waals surface area contributed by atoms with E-state index in [0.717, 1.165) is 24.0 Å². The van der Waals surface area contributed by atoms with Crippen molar-refractivity contribution >= 4 is 8.32 Å². The van der Waals surface area contributed by atoms with Crippen molar-refractivity contribution in [2.45, 2.75) is 52.2 Å². The van der Waals surface area contributed by atoms with Gasteiger partial charge in [0.15, 0.2) is 8.32 Å². The predicted molar refractivity (Wildman–Crippen MR) is 72.0 cm³/mol. The van der Waals surface area contributed by atoms with Crippen LogP contribution in [0.15, 0.2) is 12.2 Å². The minimum absolute atomic E-state index is 0.406. The van der Waals surface area contributed by atoms with Crippen LogP contribution in [0, 0.1) is 17.3 Å². The molecule has 0 amide bonds. The Hall–Kier alpha value is -0.0831. The Morgan fingerprint density at radius 1 is 1.19 bits per heavy atom. The second-order valence-electron chi connectivity index (χ2n) is 7.10. The van der Waals surface area contributed by atoms with Gasteiger partial charge in [-0.15, -0.1) is 0 Å². The lowest BCUT2D eigenvalue weighted by molar-refractivity contribution is 0.184. The van der Waals surface area contributed by atoms with Crippen molar-refractivity contribution < 1.29 is 4.43 Å². The lowest BCUT2D eigenvalue weighted by atomic mass is 9.73. The van der Waals surface area contributed by atoms with E-state index in [1.54, 1.807) is 0 Å². The Morgan fingerprint density at radius 2 is 1.88 bits per heavy atom. The van der Waals surface area contributed by atoms with Crippen LogP contribution in [-0.4, -0.2) is 14.9 Å². The highest BCUT2D eigenvalue weighted by molar-refractivity contribution is 6.73. The van der Waals surface area contributed by atoms with Gasteiger partial charge in [0.25, 0.3) is 0 Å². The van der Waals surface area contributed by atoms with Gasteiger partial charge in [-0.1, -0.05) is 32.9 Å². The largest absolute Gasteiger partial charge is 0.417 e. The minimum Gasteiger partial charge on any atom is -0.417 e. The first kappa shape index (κ1) is 12.4. The topological polar surface area (TPSA) is 9.23 Å². The van der Waals surface area contributed by atoms with Gasteiger partial charge < -0.3 is 4.43 Å². The fourth-order valence-electron chi connectivity index (χ4n) is 3.24. The van der Waals surface area contributed by atoms with E-state index < -0.39 is 8.32 Å². The molecule has 2 rings (SSSR count). The summed E-state index contributed by atoms with van der Waals surface area (Å²) in [6.45, 7) is 12.9. The Morgan fingerprint density at radius 3 is 2.50 bits per heavy atom. The molecule has 3 atom stereocenters. The molecule has 1 unspecified atom stereocenters. The van der Waals surface area contributed by atoms with Crippen molar-refractivity contribution in [3.8, 4) is 0 Å². The molecule has 2 heteroatoms. The van der Waals surface area contributed by atoms with Crippen LogP contribution < -0.4 is 0 Å². The van der Waals surface area contributed by atoms with Gasteiger partial charge in [-0.3, -0.25) is 0 Å². The van der Waals surface area contributed by atoms with Crippen LogP contribution in [-0.2, 0) is 4.43 Å². The molecule has 16 heavy (non-hydrogen) atoms. The average molecular weight is 238 g/mol. The van der Waals surface area contributed by atoms with Crippen LogP contribution in [0.5, 0.6) is 0 Å². The van der Waals surface area contributed by atoms with Crippen LogP contribution >= 0.6 is 0 Å². The molecule has 1 aliphatic carbocycles. The highest BCUT2D eigenvalue weighted by Crippen LogP contribution is 2.49. The number of fused-ring (bicyclic) bond motifs is 1. The summed E-state index contributed by atoms with van der Waals surface area (Å²) in [6.07, 6.45) is 7.58. The molecule has 0 aromatic heterocycles. The molecule has 1 fully saturated rings. The molecule has 0 saturated carbocycles. The molecule has 0 aromatic rings. The zero-order valence-corrected chi connectivity index (χ0v) is 12.4. The number of hydrogen-bond donors (Lipinski definition) is 0. The van der Waals surface area contributed by atoms with Crippen LogP contribution in [0.1, 0.15) is 33.6 Å². The lowest BCUT2D eigenvalue weighted by Gasteiger charge is -2.47. The fraction of sp³-hybridized carbons (Fsp3) is 0.857. The summed E-state index contributed by atoms with van der Waals surface area (Å²) in [5.74, 6) is 1.55. The quantitative estimate of drug-likeness (QED) is 0.453. The molecule has 1 saturated heterocycles.